The third kappa shape index (κ3) is 2.91. The van der Waals surface area contributed by atoms with Crippen molar-refractivity contribution in [1.29, 1.82) is 0 Å². The number of pyridine rings is 1. The zero-order valence-electron chi connectivity index (χ0n) is 10.1. The van der Waals surface area contributed by atoms with Crippen LogP contribution in [0.15, 0.2) is 12.3 Å². The highest BCUT2D eigenvalue weighted by atomic mass is 35.5. The van der Waals surface area contributed by atoms with Crippen LogP contribution in [-0.2, 0) is 4.74 Å². The number of hydrogen-bond donors (Lipinski definition) is 2. The molecular formula is C12H16ClN3O2. The first kappa shape index (κ1) is 13.1. The molecule has 0 aliphatic carbocycles. The first-order valence-corrected chi connectivity index (χ1v) is 6.29. The van der Waals surface area contributed by atoms with E-state index in [0.29, 0.717) is 5.56 Å². The maximum Gasteiger partial charge on any atom is 0.253 e. The molecule has 0 aromatic carbocycles. The summed E-state index contributed by atoms with van der Waals surface area (Å²) in [4.78, 5) is 15.8. The van der Waals surface area contributed by atoms with Crippen LogP contribution in [0.3, 0.4) is 0 Å². The smallest absolute Gasteiger partial charge is 0.253 e. The zero-order valence-corrected chi connectivity index (χ0v) is 10.9. The van der Waals surface area contributed by atoms with Crippen LogP contribution < -0.4 is 11.1 Å². The second-order valence-corrected chi connectivity index (χ2v) is 4.81. The maximum atomic E-state index is 12.0. The van der Waals surface area contributed by atoms with Gasteiger partial charge in [-0.3, -0.25) is 4.79 Å². The molecule has 1 aromatic rings. The van der Waals surface area contributed by atoms with Crippen LogP contribution in [0.2, 0.25) is 5.02 Å². The van der Waals surface area contributed by atoms with Crippen molar-refractivity contribution in [2.24, 2.45) is 0 Å². The molecule has 98 valence electrons. The van der Waals surface area contributed by atoms with Crippen molar-refractivity contribution in [2.75, 3.05) is 12.3 Å². The number of nitrogens with one attached hydrogen (secondary N) is 1. The second kappa shape index (κ2) is 5.54. The lowest BCUT2D eigenvalue weighted by atomic mass is 10.1. The van der Waals surface area contributed by atoms with Crippen LogP contribution in [0.5, 0.6) is 0 Å². The number of amides is 1. The highest BCUT2D eigenvalue weighted by Gasteiger charge is 2.24. The highest BCUT2D eigenvalue weighted by molar-refractivity contribution is 6.33. The van der Waals surface area contributed by atoms with E-state index in [4.69, 9.17) is 22.1 Å². The monoisotopic (exact) mass is 269 g/mol. The minimum absolute atomic E-state index is 0.0312. The average Bonchev–Trinajstić information content (AvgIpc) is 2.86. The van der Waals surface area contributed by atoms with Crippen LogP contribution in [0.4, 0.5) is 5.82 Å². The summed E-state index contributed by atoms with van der Waals surface area (Å²) in [6.45, 7) is 2.69. The molecule has 0 spiro atoms. The summed E-state index contributed by atoms with van der Waals surface area (Å²) < 4.78 is 5.52. The summed E-state index contributed by atoms with van der Waals surface area (Å²) in [5.74, 6) is 0.00721. The predicted molar refractivity (Wildman–Crippen MR) is 69.6 cm³/mol. The lowest BCUT2D eigenvalue weighted by Crippen LogP contribution is -2.40. The molecule has 1 saturated heterocycles. The topological polar surface area (TPSA) is 77.2 Å². The minimum Gasteiger partial charge on any atom is -0.382 e. The number of ether oxygens (including phenoxy) is 1. The summed E-state index contributed by atoms with van der Waals surface area (Å²) >= 11 is 5.83. The van der Waals surface area contributed by atoms with E-state index in [0.717, 1.165) is 19.4 Å². The Labute approximate surface area is 111 Å². The Kier molecular flexibility index (Phi) is 4.04. The molecule has 1 fully saturated rings. The minimum atomic E-state index is -0.215. The number of carbonyl (C=O) groups is 1. The van der Waals surface area contributed by atoms with E-state index < -0.39 is 0 Å². The number of aromatic nitrogens is 1. The summed E-state index contributed by atoms with van der Waals surface area (Å²) in [5, 5.41) is 3.17. The van der Waals surface area contributed by atoms with E-state index in [2.05, 4.69) is 10.3 Å². The van der Waals surface area contributed by atoms with Crippen molar-refractivity contribution in [3.63, 3.8) is 0 Å². The van der Waals surface area contributed by atoms with Crippen LogP contribution >= 0.6 is 11.6 Å². The first-order chi connectivity index (χ1) is 8.58. The summed E-state index contributed by atoms with van der Waals surface area (Å²) in [7, 11) is 0. The van der Waals surface area contributed by atoms with E-state index in [1.807, 2.05) is 6.92 Å². The van der Waals surface area contributed by atoms with Gasteiger partial charge in [-0.05, 0) is 25.8 Å². The fraction of sp³-hybridized carbons (Fsp3) is 0.500. The van der Waals surface area contributed by atoms with E-state index in [1.54, 1.807) is 0 Å². The molecule has 6 heteroatoms. The molecule has 2 heterocycles. The number of carbonyl (C=O) groups excluding carboxylic acids is 1. The number of nitrogens with two attached hydrogens (primary N) is 1. The fourth-order valence-electron chi connectivity index (χ4n) is 1.95. The summed E-state index contributed by atoms with van der Waals surface area (Å²) in [5.41, 5.74) is 5.90. The SMILES string of the molecule is CC(NC(=O)c1cnc(N)c(Cl)c1)C1CCCO1. The van der Waals surface area contributed by atoms with Gasteiger partial charge in [-0.15, -0.1) is 0 Å². The molecule has 1 aromatic heterocycles. The molecule has 0 bridgehead atoms. The molecule has 2 atom stereocenters. The lowest BCUT2D eigenvalue weighted by Gasteiger charge is -2.19. The molecule has 5 nitrogen and oxygen atoms in total. The van der Waals surface area contributed by atoms with Gasteiger partial charge in [0.15, 0.2) is 0 Å². The Morgan fingerprint density at radius 2 is 2.50 bits per heavy atom. The second-order valence-electron chi connectivity index (χ2n) is 4.40. The Hall–Kier alpha value is -1.33. The number of nitrogens with zero attached hydrogens (tertiary/aromatic N) is 1. The van der Waals surface area contributed by atoms with E-state index in [9.17, 15) is 4.79 Å². The normalized spacial score (nSPS) is 20.7. The van der Waals surface area contributed by atoms with Gasteiger partial charge in [0.25, 0.3) is 5.91 Å². The summed E-state index contributed by atoms with van der Waals surface area (Å²) in [6.07, 6.45) is 3.52. The lowest BCUT2D eigenvalue weighted by molar-refractivity contribution is 0.0712. The molecule has 3 N–H and O–H groups in total. The molecular weight excluding hydrogens is 254 g/mol. The number of anilines is 1. The van der Waals surface area contributed by atoms with Crippen molar-refractivity contribution in [1.82, 2.24) is 10.3 Å². The third-order valence-electron chi connectivity index (χ3n) is 3.01. The number of rotatable bonds is 3. The number of nitrogen functional groups attached to an aromatic ring is 1. The zero-order chi connectivity index (χ0) is 13.1. The van der Waals surface area contributed by atoms with Crippen LogP contribution in [0.25, 0.3) is 0 Å². The van der Waals surface area contributed by atoms with Crippen LogP contribution in [-0.4, -0.2) is 29.6 Å². The molecule has 1 aliphatic heterocycles. The first-order valence-electron chi connectivity index (χ1n) is 5.91. The van der Waals surface area contributed by atoms with Gasteiger partial charge in [0, 0.05) is 12.8 Å². The third-order valence-corrected chi connectivity index (χ3v) is 3.32. The largest absolute Gasteiger partial charge is 0.382 e. The van der Waals surface area contributed by atoms with Crippen LogP contribution in [0, 0.1) is 0 Å². The quantitative estimate of drug-likeness (QED) is 0.874. The number of hydrogen-bond acceptors (Lipinski definition) is 4. The number of halogens is 1. The molecule has 1 amide bonds. The predicted octanol–water partition coefficient (Wildman–Crippen LogP) is 1.61. The standard InChI is InChI=1S/C12H16ClN3O2/c1-7(10-3-2-4-18-10)16-12(17)8-5-9(13)11(14)15-6-8/h5-7,10H,2-4H2,1H3,(H2,14,15)(H,16,17). The summed E-state index contributed by atoms with van der Waals surface area (Å²) in [6, 6.07) is 1.48. The Morgan fingerprint density at radius 3 is 3.11 bits per heavy atom. The van der Waals surface area contributed by atoms with Gasteiger partial charge in [-0.1, -0.05) is 11.6 Å². The van der Waals surface area contributed by atoms with E-state index >= 15 is 0 Å². The van der Waals surface area contributed by atoms with Crippen molar-refractivity contribution in [3.8, 4) is 0 Å². The van der Waals surface area contributed by atoms with Gasteiger partial charge in [0.1, 0.15) is 5.82 Å². The Balaban J connectivity index is 2.00. The van der Waals surface area contributed by atoms with Gasteiger partial charge in [0.05, 0.1) is 22.7 Å². The van der Waals surface area contributed by atoms with Gasteiger partial charge < -0.3 is 15.8 Å². The average molecular weight is 270 g/mol. The fourth-order valence-corrected chi connectivity index (χ4v) is 2.12. The molecule has 0 radical (unpaired) electrons. The van der Waals surface area contributed by atoms with Crippen molar-refractivity contribution in [3.05, 3.63) is 22.8 Å². The Morgan fingerprint density at radius 1 is 1.72 bits per heavy atom. The van der Waals surface area contributed by atoms with Gasteiger partial charge in [0.2, 0.25) is 0 Å². The van der Waals surface area contributed by atoms with Gasteiger partial charge in [-0.25, -0.2) is 4.98 Å². The highest BCUT2D eigenvalue weighted by Crippen LogP contribution is 2.18. The maximum absolute atomic E-state index is 12.0. The van der Waals surface area contributed by atoms with E-state index in [1.165, 1.54) is 12.3 Å². The van der Waals surface area contributed by atoms with E-state index in [-0.39, 0.29) is 28.9 Å². The van der Waals surface area contributed by atoms with Crippen molar-refractivity contribution >= 4 is 23.3 Å². The van der Waals surface area contributed by atoms with Crippen molar-refractivity contribution in [2.45, 2.75) is 31.9 Å². The van der Waals surface area contributed by atoms with Gasteiger partial charge >= 0.3 is 0 Å². The molecule has 0 saturated carbocycles. The van der Waals surface area contributed by atoms with Crippen LogP contribution in [0.1, 0.15) is 30.1 Å². The van der Waals surface area contributed by atoms with Gasteiger partial charge in [-0.2, -0.15) is 0 Å². The molecule has 2 rings (SSSR count). The van der Waals surface area contributed by atoms with Crippen molar-refractivity contribution < 1.29 is 9.53 Å². The molecule has 2 unspecified atom stereocenters. The Bertz CT molecular complexity index is 447. The molecule has 1 aliphatic rings. The molecule has 18 heavy (non-hydrogen) atoms.